The number of pyridine rings is 1. The summed E-state index contributed by atoms with van der Waals surface area (Å²) in [5.41, 5.74) is 2.38. The number of ether oxygens (including phenoxy) is 1. The van der Waals surface area contributed by atoms with E-state index in [1.165, 1.54) is 5.69 Å². The summed E-state index contributed by atoms with van der Waals surface area (Å²) in [6.45, 7) is 5.90. The normalized spacial score (nSPS) is 15.8. The van der Waals surface area contributed by atoms with Crippen molar-refractivity contribution in [1.29, 1.82) is 0 Å². The number of anilines is 1. The highest BCUT2D eigenvalue weighted by molar-refractivity contribution is 5.44. The van der Waals surface area contributed by atoms with E-state index in [-0.39, 0.29) is 0 Å². The smallest absolute Gasteiger partial charge is 0.0641 e. The van der Waals surface area contributed by atoms with Crippen molar-refractivity contribution in [2.24, 2.45) is 0 Å². The van der Waals surface area contributed by atoms with Crippen LogP contribution in [-0.2, 0) is 11.2 Å². The summed E-state index contributed by atoms with van der Waals surface area (Å²) in [7, 11) is 1.00. The number of aliphatic hydroxyl groups is 1. The van der Waals surface area contributed by atoms with Gasteiger partial charge >= 0.3 is 0 Å². The molecule has 0 bridgehead atoms. The van der Waals surface area contributed by atoms with Crippen LogP contribution in [0.4, 0.5) is 5.69 Å². The minimum Gasteiger partial charge on any atom is -0.400 e. The summed E-state index contributed by atoms with van der Waals surface area (Å²) in [4.78, 5) is 6.77. The Morgan fingerprint density at radius 3 is 2.76 bits per heavy atom. The van der Waals surface area contributed by atoms with E-state index in [2.05, 4.69) is 28.9 Å². The first kappa shape index (κ1) is 13.9. The molecule has 0 radical (unpaired) electrons. The van der Waals surface area contributed by atoms with Crippen LogP contribution in [0.25, 0.3) is 0 Å². The molecule has 0 aromatic carbocycles. The highest BCUT2D eigenvalue weighted by atomic mass is 16.5. The molecule has 2 rings (SSSR count). The monoisotopic (exact) mass is 238 g/mol. The van der Waals surface area contributed by atoms with Crippen molar-refractivity contribution in [2.45, 2.75) is 19.8 Å². The molecule has 0 saturated carbocycles. The first-order chi connectivity index (χ1) is 8.40. The fraction of sp³-hybridized carbons (Fsp3) is 0.615. The van der Waals surface area contributed by atoms with Crippen molar-refractivity contribution in [3.05, 3.63) is 24.0 Å². The third-order valence-electron chi connectivity index (χ3n) is 2.76. The Morgan fingerprint density at radius 1 is 1.29 bits per heavy atom. The Kier molecular flexibility index (Phi) is 6.58. The first-order valence-corrected chi connectivity index (χ1v) is 6.12. The molecule has 1 fully saturated rings. The minimum absolute atomic E-state index is 0.829. The Hall–Kier alpha value is -1.13. The van der Waals surface area contributed by atoms with Gasteiger partial charge in [0.15, 0.2) is 0 Å². The van der Waals surface area contributed by atoms with Crippen molar-refractivity contribution in [1.82, 2.24) is 4.98 Å². The Morgan fingerprint density at radius 2 is 2.12 bits per heavy atom. The molecule has 2 heterocycles. The van der Waals surface area contributed by atoms with Gasteiger partial charge in [0.05, 0.1) is 18.5 Å². The number of aryl methyl sites for hydroxylation is 1. The van der Waals surface area contributed by atoms with E-state index in [4.69, 9.17) is 9.84 Å². The van der Waals surface area contributed by atoms with Crippen LogP contribution in [0.15, 0.2) is 18.3 Å². The maximum Gasteiger partial charge on any atom is 0.0641 e. The second-order valence-electron chi connectivity index (χ2n) is 3.81. The Balaban J connectivity index is 0.000000686. The van der Waals surface area contributed by atoms with Gasteiger partial charge in [0, 0.05) is 32.5 Å². The van der Waals surface area contributed by atoms with Crippen molar-refractivity contribution < 1.29 is 9.84 Å². The zero-order valence-corrected chi connectivity index (χ0v) is 10.7. The van der Waals surface area contributed by atoms with Crippen molar-refractivity contribution in [3.63, 3.8) is 0 Å². The van der Waals surface area contributed by atoms with Gasteiger partial charge in [-0.1, -0.05) is 6.92 Å². The van der Waals surface area contributed by atoms with Gasteiger partial charge in [-0.15, -0.1) is 0 Å². The third kappa shape index (κ3) is 4.32. The molecular weight excluding hydrogens is 216 g/mol. The molecule has 1 aliphatic rings. The van der Waals surface area contributed by atoms with Gasteiger partial charge in [-0.3, -0.25) is 4.98 Å². The van der Waals surface area contributed by atoms with Crippen molar-refractivity contribution in [2.75, 3.05) is 38.3 Å². The molecule has 0 spiro atoms. The quantitative estimate of drug-likeness (QED) is 0.847. The predicted molar refractivity (Wildman–Crippen MR) is 69.4 cm³/mol. The number of rotatable bonds is 2. The maximum atomic E-state index is 7.00. The number of hydrogen-bond acceptors (Lipinski definition) is 4. The average Bonchev–Trinajstić information content (AvgIpc) is 2.70. The lowest BCUT2D eigenvalue weighted by atomic mass is 10.2. The van der Waals surface area contributed by atoms with Gasteiger partial charge in [-0.25, -0.2) is 0 Å². The summed E-state index contributed by atoms with van der Waals surface area (Å²) in [5.74, 6) is 0. The standard InChI is InChI=1S/C12H18N2O.CH4O/c1-2-11-4-5-12(10-13-11)14-6-3-8-15-9-7-14;1-2/h4-5,10H,2-3,6-9H2,1H3;2H,1H3. The summed E-state index contributed by atoms with van der Waals surface area (Å²) >= 11 is 0. The van der Waals surface area contributed by atoms with Gasteiger partial charge in [-0.05, 0) is 25.0 Å². The number of nitrogens with zero attached hydrogens (tertiary/aromatic N) is 2. The summed E-state index contributed by atoms with van der Waals surface area (Å²) in [6, 6.07) is 4.28. The van der Waals surface area contributed by atoms with E-state index in [1.807, 2.05) is 6.20 Å². The van der Waals surface area contributed by atoms with Crippen LogP contribution in [0.1, 0.15) is 19.0 Å². The zero-order valence-electron chi connectivity index (χ0n) is 10.7. The molecule has 1 aromatic rings. The van der Waals surface area contributed by atoms with Crippen LogP contribution in [0.3, 0.4) is 0 Å². The highest BCUT2D eigenvalue weighted by Crippen LogP contribution is 2.15. The third-order valence-corrected chi connectivity index (χ3v) is 2.76. The molecule has 4 nitrogen and oxygen atoms in total. The first-order valence-electron chi connectivity index (χ1n) is 6.12. The van der Waals surface area contributed by atoms with E-state index >= 15 is 0 Å². The van der Waals surface area contributed by atoms with Gasteiger partial charge in [0.2, 0.25) is 0 Å². The van der Waals surface area contributed by atoms with E-state index in [0.29, 0.717) is 0 Å². The van der Waals surface area contributed by atoms with Gasteiger partial charge in [0.1, 0.15) is 0 Å². The van der Waals surface area contributed by atoms with Crippen LogP contribution in [-0.4, -0.2) is 43.5 Å². The molecular formula is C13H22N2O2. The van der Waals surface area contributed by atoms with E-state index in [1.54, 1.807) is 0 Å². The fourth-order valence-electron chi connectivity index (χ4n) is 1.82. The average molecular weight is 238 g/mol. The molecule has 96 valence electrons. The molecule has 1 aromatic heterocycles. The summed E-state index contributed by atoms with van der Waals surface area (Å²) in [6.07, 6.45) is 4.09. The predicted octanol–water partition coefficient (Wildman–Crippen LogP) is 1.48. The lowest BCUT2D eigenvalue weighted by Gasteiger charge is -2.21. The lowest BCUT2D eigenvalue weighted by Crippen LogP contribution is -2.25. The van der Waals surface area contributed by atoms with E-state index in [0.717, 1.165) is 51.9 Å². The lowest BCUT2D eigenvalue weighted by molar-refractivity contribution is 0.152. The molecule has 4 heteroatoms. The van der Waals surface area contributed by atoms with Gasteiger partial charge in [-0.2, -0.15) is 0 Å². The second-order valence-corrected chi connectivity index (χ2v) is 3.81. The van der Waals surface area contributed by atoms with Gasteiger partial charge < -0.3 is 14.7 Å². The molecule has 0 aliphatic carbocycles. The van der Waals surface area contributed by atoms with Crippen LogP contribution in [0.2, 0.25) is 0 Å². The Bertz CT molecular complexity index is 293. The zero-order chi connectivity index (χ0) is 12.5. The molecule has 0 unspecified atom stereocenters. The largest absolute Gasteiger partial charge is 0.400 e. The Labute approximate surface area is 103 Å². The molecule has 1 saturated heterocycles. The van der Waals surface area contributed by atoms with Gasteiger partial charge in [0.25, 0.3) is 0 Å². The molecule has 1 N–H and O–H groups in total. The van der Waals surface area contributed by atoms with E-state index in [9.17, 15) is 0 Å². The van der Waals surface area contributed by atoms with Crippen LogP contribution >= 0.6 is 0 Å². The molecule has 17 heavy (non-hydrogen) atoms. The number of aliphatic hydroxyl groups excluding tert-OH is 1. The molecule has 1 aliphatic heterocycles. The SMILES string of the molecule is CCc1ccc(N2CCCOCC2)cn1.CO. The van der Waals surface area contributed by atoms with Crippen LogP contribution in [0, 0.1) is 0 Å². The molecule has 0 amide bonds. The maximum absolute atomic E-state index is 7.00. The topological polar surface area (TPSA) is 45.6 Å². The second kappa shape index (κ2) is 8.03. The number of aromatic nitrogens is 1. The highest BCUT2D eigenvalue weighted by Gasteiger charge is 2.09. The van der Waals surface area contributed by atoms with E-state index < -0.39 is 0 Å². The van der Waals surface area contributed by atoms with Crippen LogP contribution < -0.4 is 4.90 Å². The summed E-state index contributed by atoms with van der Waals surface area (Å²) < 4.78 is 5.43. The van der Waals surface area contributed by atoms with Crippen molar-refractivity contribution in [3.8, 4) is 0 Å². The van der Waals surface area contributed by atoms with Crippen molar-refractivity contribution >= 4 is 5.69 Å². The summed E-state index contributed by atoms with van der Waals surface area (Å²) in [5, 5.41) is 7.00. The number of hydrogen-bond donors (Lipinski definition) is 1. The minimum atomic E-state index is 0.829. The van der Waals surface area contributed by atoms with Crippen LogP contribution in [0.5, 0.6) is 0 Å². The fourth-order valence-corrected chi connectivity index (χ4v) is 1.82. The molecule has 0 atom stereocenters.